The van der Waals surface area contributed by atoms with Crippen molar-refractivity contribution in [3.63, 3.8) is 0 Å². The molecule has 0 N–H and O–H groups in total. The minimum atomic E-state index is -4.79. The Hall–Kier alpha value is -3.66. The van der Waals surface area contributed by atoms with E-state index in [1.807, 2.05) is 25.1 Å². The van der Waals surface area contributed by atoms with Gasteiger partial charge in [0.25, 0.3) is 5.56 Å². The molecule has 0 amide bonds. The standard InChI is InChI=1S/C23H18F3N3O3S/c1-4-9-32-22-27-19(23(24,25)26)12-20(30)29(22)15-6-8-18-16(11-15)21(28-33-18)14-5-7-17(31-3)13(2)10-14/h4-8,10-12H,1,9H2,2-3H3. The first-order chi connectivity index (χ1) is 15.7. The van der Waals surface area contributed by atoms with Crippen LogP contribution in [0.25, 0.3) is 27.0 Å². The third-order valence-corrected chi connectivity index (χ3v) is 5.72. The third-order valence-electron chi connectivity index (χ3n) is 4.89. The van der Waals surface area contributed by atoms with Gasteiger partial charge in [0, 0.05) is 17.0 Å². The summed E-state index contributed by atoms with van der Waals surface area (Å²) in [6, 6.07) is 10.7. The molecule has 2 aromatic heterocycles. The summed E-state index contributed by atoms with van der Waals surface area (Å²) in [5, 5.41) is 0.739. The maximum atomic E-state index is 13.2. The fourth-order valence-corrected chi connectivity index (χ4v) is 4.15. The average molecular weight is 473 g/mol. The zero-order valence-corrected chi connectivity index (χ0v) is 18.5. The maximum Gasteiger partial charge on any atom is 0.433 e. The van der Waals surface area contributed by atoms with Crippen molar-refractivity contribution in [2.75, 3.05) is 13.7 Å². The molecular formula is C23H18F3N3O3S. The topological polar surface area (TPSA) is 66.2 Å². The summed E-state index contributed by atoms with van der Waals surface area (Å²) in [6.07, 6.45) is -3.43. The van der Waals surface area contributed by atoms with E-state index >= 15 is 0 Å². The Morgan fingerprint density at radius 3 is 2.64 bits per heavy atom. The average Bonchev–Trinajstić information content (AvgIpc) is 3.19. The van der Waals surface area contributed by atoms with Gasteiger partial charge >= 0.3 is 12.2 Å². The molecule has 33 heavy (non-hydrogen) atoms. The molecule has 0 saturated heterocycles. The van der Waals surface area contributed by atoms with E-state index in [4.69, 9.17) is 9.47 Å². The van der Waals surface area contributed by atoms with Gasteiger partial charge in [-0.1, -0.05) is 12.7 Å². The van der Waals surface area contributed by atoms with Gasteiger partial charge in [-0.15, -0.1) is 0 Å². The second-order valence-corrected chi connectivity index (χ2v) is 7.90. The minimum absolute atomic E-state index is 0.119. The van der Waals surface area contributed by atoms with E-state index in [2.05, 4.69) is 15.9 Å². The van der Waals surface area contributed by atoms with Gasteiger partial charge in [-0.2, -0.15) is 22.5 Å². The number of benzene rings is 2. The van der Waals surface area contributed by atoms with Crippen molar-refractivity contribution in [3.8, 4) is 28.7 Å². The number of nitrogens with zero attached hydrogens (tertiary/aromatic N) is 3. The fourth-order valence-electron chi connectivity index (χ4n) is 3.37. The van der Waals surface area contributed by atoms with Crippen LogP contribution in [-0.2, 0) is 6.18 Å². The van der Waals surface area contributed by atoms with Gasteiger partial charge in [-0.05, 0) is 60.4 Å². The molecule has 4 rings (SSSR count). The van der Waals surface area contributed by atoms with Crippen LogP contribution in [0.1, 0.15) is 11.3 Å². The molecule has 170 valence electrons. The van der Waals surface area contributed by atoms with Crippen LogP contribution in [0.15, 0.2) is 59.9 Å². The van der Waals surface area contributed by atoms with Crippen molar-refractivity contribution in [1.29, 1.82) is 0 Å². The Balaban J connectivity index is 1.89. The molecule has 4 aromatic rings. The quantitative estimate of drug-likeness (QED) is 0.351. The monoisotopic (exact) mass is 473 g/mol. The SMILES string of the molecule is C=CCOc1nc(C(F)(F)F)cc(=O)n1-c1ccc2snc(-c3ccc(OC)c(C)c3)c2c1. The molecule has 6 nitrogen and oxygen atoms in total. The number of ether oxygens (including phenoxy) is 2. The summed E-state index contributed by atoms with van der Waals surface area (Å²) < 4.78 is 56.6. The van der Waals surface area contributed by atoms with Crippen molar-refractivity contribution in [2.45, 2.75) is 13.1 Å². The van der Waals surface area contributed by atoms with E-state index in [9.17, 15) is 18.0 Å². The highest BCUT2D eigenvalue weighted by Crippen LogP contribution is 2.35. The largest absolute Gasteiger partial charge is 0.496 e. The molecule has 0 spiro atoms. The number of fused-ring (bicyclic) bond motifs is 1. The van der Waals surface area contributed by atoms with Crippen molar-refractivity contribution < 1.29 is 22.6 Å². The molecule has 0 fully saturated rings. The summed E-state index contributed by atoms with van der Waals surface area (Å²) in [4.78, 5) is 16.2. The van der Waals surface area contributed by atoms with Crippen molar-refractivity contribution in [3.05, 3.63) is 76.7 Å². The number of rotatable bonds is 6. The lowest BCUT2D eigenvalue weighted by molar-refractivity contribution is -0.141. The number of alkyl halides is 3. The first-order valence-corrected chi connectivity index (χ1v) is 10.5. The molecule has 0 atom stereocenters. The zero-order valence-electron chi connectivity index (χ0n) is 17.6. The Morgan fingerprint density at radius 2 is 1.97 bits per heavy atom. The molecular weight excluding hydrogens is 455 g/mol. The normalized spacial score (nSPS) is 11.5. The van der Waals surface area contributed by atoms with Gasteiger partial charge in [0.2, 0.25) is 0 Å². The Morgan fingerprint density at radius 1 is 1.18 bits per heavy atom. The molecule has 2 aromatic carbocycles. The van der Waals surface area contributed by atoms with Crippen LogP contribution in [0.3, 0.4) is 0 Å². The number of hydrogen-bond acceptors (Lipinski definition) is 6. The van der Waals surface area contributed by atoms with Crippen LogP contribution in [0.2, 0.25) is 0 Å². The lowest BCUT2D eigenvalue weighted by Crippen LogP contribution is -2.25. The Kier molecular flexibility index (Phi) is 5.94. The summed E-state index contributed by atoms with van der Waals surface area (Å²) in [5.41, 5.74) is 0.521. The number of halogens is 3. The maximum absolute atomic E-state index is 13.2. The van der Waals surface area contributed by atoms with Gasteiger partial charge in [-0.25, -0.2) is 4.57 Å². The van der Waals surface area contributed by atoms with E-state index in [-0.39, 0.29) is 6.61 Å². The number of aryl methyl sites for hydroxylation is 1. The minimum Gasteiger partial charge on any atom is -0.496 e. The second-order valence-electron chi connectivity index (χ2n) is 7.09. The molecule has 0 aliphatic carbocycles. The predicted octanol–water partition coefficient (Wildman–Crippen LogP) is 5.41. The Bertz CT molecular complexity index is 1410. The predicted molar refractivity (Wildman–Crippen MR) is 120 cm³/mol. The molecule has 2 heterocycles. The van der Waals surface area contributed by atoms with E-state index in [1.165, 1.54) is 17.6 Å². The van der Waals surface area contributed by atoms with Gasteiger partial charge in [0.05, 0.1) is 23.2 Å². The molecule has 0 unspecified atom stereocenters. The highest BCUT2D eigenvalue weighted by atomic mass is 32.1. The summed E-state index contributed by atoms with van der Waals surface area (Å²) in [5.74, 6) is 0.741. The molecule has 0 aliphatic rings. The first-order valence-electron chi connectivity index (χ1n) is 9.72. The van der Waals surface area contributed by atoms with Gasteiger partial charge in [-0.3, -0.25) is 4.79 Å². The number of hydrogen-bond donors (Lipinski definition) is 0. The third kappa shape index (κ3) is 4.34. The fraction of sp³-hybridized carbons (Fsp3) is 0.174. The van der Waals surface area contributed by atoms with E-state index in [0.717, 1.165) is 31.5 Å². The lowest BCUT2D eigenvalue weighted by Gasteiger charge is -2.14. The molecule has 0 radical (unpaired) electrons. The molecule has 0 bridgehead atoms. The van der Waals surface area contributed by atoms with Crippen LogP contribution in [0.5, 0.6) is 11.8 Å². The van der Waals surface area contributed by atoms with Crippen molar-refractivity contribution in [2.24, 2.45) is 0 Å². The van der Waals surface area contributed by atoms with E-state index in [0.29, 0.717) is 17.4 Å². The van der Waals surface area contributed by atoms with Crippen molar-refractivity contribution >= 4 is 21.6 Å². The van der Waals surface area contributed by atoms with Crippen molar-refractivity contribution in [1.82, 2.24) is 13.9 Å². The smallest absolute Gasteiger partial charge is 0.433 e. The van der Waals surface area contributed by atoms with Gasteiger partial charge < -0.3 is 9.47 Å². The van der Waals surface area contributed by atoms with Crippen LogP contribution >= 0.6 is 11.5 Å². The van der Waals surface area contributed by atoms with E-state index < -0.39 is 23.4 Å². The van der Waals surface area contributed by atoms with Gasteiger partial charge in [0.1, 0.15) is 12.4 Å². The molecule has 0 saturated carbocycles. The highest BCUT2D eigenvalue weighted by Gasteiger charge is 2.34. The van der Waals surface area contributed by atoms with Gasteiger partial charge in [0.15, 0.2) is 5.69 Å². The summed E-state index contributed by atoms with van der Waals surface area (Å²) in [7, 11) is 1.59. The zero-order chi connectivity index (χ0) is 23.8. The second kappa shape index (κ2) is 8.70. The summed E-state index contributed by atoms with van der Waals surface area (Å²) >= 11 is 1.28. The van der Waals surface area contributed by atoms with Crippen LogP contribution in [-0.4, -0.2) is 27.6 Å². The first kappa shape index (κ1) is 22.5. The number of methoxy groups -OCH3 is 1. The van der Waals surface area contributed by atoms with E-state index in [1.54, 1.807) is 25.3 Å². The summed E-state index contributed by atoms with van der Waals surface area (Å²) in [6.45, 7) is 5.29. The van der Waals surface area contributed by atoms with Crippen LogP contribution in [0, 0.1) is 6.92 Å². The lowest BCUT2D eigenvalue weighted by atomic mass is 10.0. The molecule has 10 heteroatoms. The highest BCUT2D eigenvalue weighted by molar-refractivity contribution is 7.13. The van der Waals surface area contributed by atoms with Crippen LogP contribution in [0.4, 0.5) is 13.2 Å². The van der Waals surface area contributed by atoms with Crippen LogP contribution < -0.4 is 15.0 Å². The Labute approximate surface area is 190 Å². The molecule has 0 aliphatic heterocycles. The number of aromatic nitrogens is 3.